The van der Waals surface area contributed by atoms with Gasteiger partial charge < -0.3 is 5.73 Å². The van der Waals surface area contributed by atoms with Crippen molar-refractivity contribution in [2.24, 2.45) is 0 Å². The van der Waals surface area contributed by atoms with Gasteiger partial charge in [0.2, 0.25) is 0 Å². The maximum absolute atomic E-state index is 8.25. The molecule has 0 spiro atoms. The normalized spacial score (nSPS) is 9.92. The Morgan fingerprint density at radius 1 is 1.58 bits per heavy atom. The number of nitrogens with two attached hydrogens (primary N) is 1. The first kappa shape index (κ1) is 8.28. The molecule has 2 N–H and O–H groups in total. The van der Waals surface area contributed by atoms with Crippen LogP contribution >= 0.6 is 0 Å². The molecule has 1 aromatic heterocycles. The van der Waals surface area contributed by atoms with E-state index in [1.165, 1.54) is 0 Å². The first-order chi connectivity index (χ1) is 5.83. The van der Waals surface area contributed by atoms with E-state index in [1.54, 1.807) is 24.4 Å². The third kappa shape index (κ3) is 2.43. The highest BCUT2D eigenvalue weighted by Crippen LogP contribution is 2.02. The van der Waals surface area contributed by atoms with E-state index in [4.69, 9.17) is 11.0 Å². The molecule has 0 fully saturated rings. The Hall–Kier alpha value is -1.82. The molecule has 1 aromatic rings. The predicted octanol–water partition coefficient (Wildman–Crippen LogP) is 1.59. The van der Waals surface area contributed by atoms with Gasteiger partial charge in [-0.2, -0.15) is 5.26 Å². The fourth-order valence-electron chi connectivity index (χ4n) is 0.748. The molecule has 0 saturated heterocycles. The molecule has 0 radical (unpaired) electrons. The molecule has 0 amide bonds. The number of hydrogen-bond acceptors (Lipinski definition) is 3. The highest BCUT2D eigenvalue weighted by atomic mass is 14.7. The van der Waals surface area contributed by atoms with Crippen molar-refractivity contribution in [2.45, 2.75) is 6.42 Å². The minimum Gasteiger partial charge on any atom is -0.397 e. The second kappa shape index (κ2) is 4.14. The van der Waals surface area contributed by atoms with Crippen LogP contribution in [0.4, 0.5) is 5.69 Å². The summed E-state index contributed by atoms with van der Waals surface area (Å²) >= 11 is 0. The van der Waals surface area contributed by atoms with Gasteiger partial charge in [0.25, 0.3) is 0 Å². The molecule has 0 unspecified atom stereocenters. The van der Waals surface area contributed by atoms with Gasteiger partial charge >= 0.3 is 0 Å². The Morgan fingerprint density at radius 2 is 2.42 bits per heavy atom. The van der Waals surface area contributed by atoms with Crippen molar-refractivity contribution in [3.05, 3.63) is 30.1 Å². The molecule has 0 saturated carbocycles. The number of nitrogen functional groups attached to an aromatic ring is 1. The quantitative estimate of drug-likeness (QED) is 0.712. The zero-order valence-electron chi connectivity index (χ0n) is 6.57. The van der Waals surface area contributed by atoms with Crippen molar-refractivity contribution in [1.29, 1.82) is 5.26 Å². The van der Waals surface area contributed by atoms with E-state index in [0.29, 0.717) is 12.1 Å². The standard InChI is InChI=1S/C9H9N3/c10-6-2-1-3-9-5-4-8(11)7-12-9/h1,3-5,7H,2,11H2. The summed E-state index contributed by atoms with van der Waals surface area (Å²) in [6.45, 7) is 0. The van der Waals surface area contributed by atoms with Crippen molar-refractivity contribution in [3.8, 4) is 6.07 Å². The first-order valence-electron chi connectivity index (χ1n) is 3.58. The van der Waals surface area contributed by atoms with E-state index in [1.807, 2.05) is 12.1 Å². The number of hydrogen-bond donors (Lipinski definition) is 1. The van der Waals surface area contributed by atoms with Crippen LogP contribution in [-0.4, -0.2) is 4.98 Å². The molecule has 0 aliphatic carbocycles. The van der Waals surface area contributed by atoms with Crippen LogP contribution in [0.2, 0.25) is 0 Å². The van der Waals surface area contributed by atoms with Gasteiger partial charge in [-0.05, 0) is 18.2 Å². The molecule has 0 aliphatic rings. The minimum absolute atomic E-state index is 0.409. The van der Waals surface area contributed by atoms with Gasteiger partial charge in [0.05, 0.1) is 30.1 Å². The van der Waals surface area contributed by atoms with Crippen molar-refractivity contribution in [3.63, 3.8) is 0 Å². The molecule has 3 heteroatoms. The Morgan fingerprint density at radius 3 is 3.00 bits per heavy atom. The highest BCUT2D eigenvalue weighted by molar-refractivity contribution is 5.48. The maximum atomic E-state index is 8.25. The van der Waals surface area contributed by atoms with Crippen LogP contribution in [0.5, 0.6) is 0 Å². The van der Waals surface area contributed by atoms with E-state index in [0.717, 1.165) is 5.69 Å². The molecular weight excluding hydrogens is 150 g/mol. The fourth-order valence-corrected chi connectivity index (χ4v) is 0.748. The fraction of sp³-hybridized carbons (Fsp3) is 0.111. The second-order valence-electron chi connectivity index (χ2n) is 2.28. The Balaban J connectivity index is 2.66. The Kier molecular flexibility index (Phi) is 2.86. The van der Waals surface area contributed by atoms with E-state index in [-0.39, 0.29) is 0 Å². The third-order valence-electron chi connectivity index (χ3n) is 1.31. The lowest BCUT2D eigenvalue weighted by Gasteiger charge is -1.92. The number of rotatable bonds is 2. The molecule has 12 heavy (non-hydrogen) atoms. The van der Waals surface area contributed by atoms with Crippen LogP contribution in [0.15, 0.2) is 24.4 Å². The zero-order chi connectivity index (χ0) is 8.81. The number of allylic oxidation sites excluding steroid dienone is 1. The second-order valence-corrected chi connectivity index (χ2v) is 2.28. The summed E-state index contributed by atoms with van der Waals surface area (Å²) in [6.07, 6.45) is 5.55. The SMILES string of the molecule is N#CCC=Cc1ccc(N)cn1. The molecule has 0 aliphatic heterocycles. The summed E-state index contributed by atoms with van der Waals surface area (Å²) in [5.74, 6) is 0. The summed E-state index contributed by atoms with van der Waals surface area (Å²) in [7, 11) is 0. The summed E-state index contributed by atoms with van der Waals surface area (Å²) in [5, 5.41) is 8.25. The lowest BCUT2D eigenvalue weighted by atomic mass is 10.3. The molecule has 0 bridgehead atoms. The Bertz CT molecular complexity index is 306. The predicted molar refractivity (Wildman–Crippen MR) is 47.9 cm³/mol. The maximum Gasteiger partial charge on any atom is 0.0663 e. The molecule has 3 nitrogen and oxygen atoms in total. The average molecular weight is 159 g/mol. The average Bonchev–Trinajstić information content (AvgIpc) is 2.09. The van der Waals surface area contributed by atoms with Crippen molar-refractivity contribution in [2.75, 3.05) is 5.73 Å². The minimum atomic E-state index is 0.409. The molecular formula is C9H9N3. The van der Waals surface area contributed by atoms with Crippen molar-refractivity contribution in [1.82, 2.24) is 4.98 Å². The lowest BCUT2D eigenvalue weighted by Crippen LogP contribution is -1.86. The summed E-state index contributed by atoms with van der Waals surface area (Å²) in [5.41, 5.74) is 6.91. The van der Waals surface area contributed by atoms with Gasteiger partial charge in [-0.1, -0.05) is 6.08 Å². The van der Waals surface area contributed by atoms with Crippen LogP contribution in [0.1, 0.15) is 12.1 Å². The van der Waals surface area contributed by atoms with E-state index in [9.17, 15) is 0 Å². The van der Waals surface area contributed by atoms with Gasteiger partial charge in [0.1, 0.15) is 0 Å². The summed E-state index contributed by atoms with van der Waals surface area (Å²) < 4.78 is 0. The van der Waals surface area contributed by atoms with E-state index in [2.05, 4.69) is 4.98 Å². The first-order valence-corrected chi connectivity index (χ1v) is 3.58. The van der Waals surface area contributed by atoms with Gasteiger partial charge in [0, 0.05) is 0 Å². The van der Waals surface area contributed by atoms with Gasteiger partial charge in [0.15, 0.2) is 0 Å². The molecule has 0 atom stereocenters. The number of pyridine rings is 1. The summed E-state index contributed by atoms with van der Waals surface area (Å²) in [6, 6.07) is 5.60. The molecule has 1 heterocycles. The smallest absolute Gasteiger partial charge is 0.0663 e. The van der Waals surface area contributed by atoms with E-state index < -0.39 is 0 Å². The largest absolute Gasteiger partial charge is 0.397 e. The third-order valence-corrected chi connectivity index (χ3v) is 1.31. The topological polar surface area (TPSA) is 62.7 Å². The van der Waals surface area contributed by atoms with Crippen LogP contribution in [0.25, 0.3) is 6.08 Å². The number of aromatic nitrogens is 1. The number of nitriles is 1. The van der Waals surface area contributed by atoms with Crippen LogP contribution < -0.4 is 5.73 Å². The van der Waals surface area contributed by atoms with E-state index >= 15 is 0 Å². The summed E-state index contributed by atoms with van der Waals surface area (Å²) in [4.78, 5) is 4.03. The van der Waals surface area contributed by atoms with Crippen molar-refractivity contribution < 1.29 is 0 Å². The number of nitrogens with zero attached hydrogens (tertiary/aromatic N) is 2. The van der Waals surface area contributed by atoms with Gasteiger partial charge in [-0.15, -0.1) is 0 Å². The molecule has 0 aromatic carbocycles. The zero-order valence-corrected chi connectivity index (χ0v) is 6.57. The van der Waals surface area contributed by atoms with Gasteiger partial charge in [-0.3, -0.25) is 4.98 Å². The van der Waals surface area contributed by atoms with Crippen molar-refractivity contribution >= 4 is 11.8 Å². The monoisotopic (exact) mass is 159 g/mol. The van der Waals surface area contributed by atoms with Crippen LogP contribution in [0.3, 0.4) is 0 Å². The lowest BCUT2D eigenvalue weighted by molar-refractivity contribution is 1.29. The van der Waals surface area contributed by atoms with Crippen LogP contribution in [0, 0.1) is 11.3 Å². The molecule has 1 rings (SSSR count). The van der Waals surface area contributed by atoms with Crippen LogP contribution in [-0.2, 0) is 0 Å². The molecule has 60 valence electrons. The highest BCUT2D eigenvalue weighted by Gasteiger charge is 1.86. The van der Waals surface area contributed by atoms with Gasteiger partial charge in [-0.25, -0.2) is 0 Å². The number of anilines is 1. The Labute approximate surface area is 71.2 Å².